The van der Waals surface area contributed by atoms with Gasteiger partial charge in [-0.05, 0) is 18.6 Å². The van der Waals surface area contributed by atoms with Gasteiger partial charge in [-0.25, -0.2) is 9.97 Å². The van der Waals surface area contributed by atoms with E-state index in [2.05, 4.69) is 20.3 Å². The Labute approximate surface area is 111 Å². The number of hydrogen-bond acceptors (Lipinski definition) is 5. The van der Waals surface area contributed by atoms with Crippen molar-refractivity contribution in [1.82, 2.24) is 20.3 Å². The zero-order valence-electron chi connectivity index (χ0n) is 10.6. The van der Waals surface area contributed by atoms with E-state index in [0.29, 0.717) is 18.1 Å². The summed E-state index contributed by atoms with van der Waals surface area (Å²) in [5, 5.41) is 2.73. The number of nitrogens with two attached hydrogens (primary N) is 1. The number of hydrogen-bond donors (Lipinski definition) is 2. The van der Waals surface area contributed by atoms with Crippen LogP contribution in [0.1, 0.15) is 23.7 Å². The topological polar surface area (TPSA) is 93.8 Å². The molecule has 0 aliphatic rings. The summed E-state index contributed by atoms with van der Waals surface area (Å²) in [5.74, 6) is 0.307. The van der Waals surface area contributed by atoms with Crippen molar-refractivity contribution in [3.8, 4) is 11.5 Å². The summed E-state index contributed by atoms with van der Waals surface area (Å²) in [6.45, 7) is 2.57. The summed E-state index contributed by atoms with van der Waals surface area (Å²) >= 11 is 0. The van der Waals surface area contributed by atoms with Crippen LogP contribution in [0.25, 0.3) is 11.5 Å². The molecule has 0 aliphatic carbocycles. The number of carbonyl (C=O) groups is 1. The zero-order valence-corrected chi connectivity index (χ0v) is 10.6. The predicted octanol–water partition coefficient (Wildman–Crippen LogP) is 1.26. The molecule has 2 heterocycles. The van der Waals surface area contributed by atoms with Gasteiger partial charge in [-0.2, -0.15) is 0 Å². The van der Waals surface area contributed by atoms with Crippen molar-refractivity contribution in [2.75, 3.05) is 12.3 Å². The molecule has 2 aromatic rings. The minimum absolute atomic E-state index is 0.157. The molecule has 2 rings (SSSR count). The van der Waals surface area contributed by atoms with E-state index >= 15 is 0 Å². The molecular weight excluding hydrogens is 242 g/mol. The minimum atomic E-state index is -0.257. The first-order chi connectivity index (χ1) is 9.22. The summed E-state index contributed by atoms with van der Waals surface area (Å²) < 4.78 is 0. The number of nitrogens with zero attached hydrogens (tertiary/aromatic N) is 3. The summed E-state index contributed by atoms with van der Waals surface area (Å²) in [6.07, 6.45) is 3.94. The molecule has 0 spiro atoms. The van der Waals surface area contributed by atoms with Crippen LogP contribution in [0.4, 0.5) is 5.82 Å². The Hall–Kier alpha value is -2.50. The number of pyridine rings is 1. The number of aromatic nitrogens is 3. The van der Waals surface area contributed by atoms with Crippen LogP contribution >= 0.6 is 0 Å². The van der Waals surface area contributed by atoms with Gasteiger partial charge in [0, 0.05) is 18.9 Å². The fraction of sp³-hybridized carbons (Fsp3) is 0.231. The molecule has 0 saturated carbocycles. The van der Waals surface area contributed by atoms with Crippen molar-refractivity contribution in [2.24, 2.45) is 0 Å². The second-order valence-electron chi connectivity index (χ2n) is 3.96. The first kappa shape index (κ1) is 12.9. The Morgan fingerprint density at radius 1 is 1.37 bits per heavy atom. The van der Waals surface area contributed by atoms with E-state index in [0.717, 1.165) is 6.42 Å². The standard InChI is InChI=1S/C13H15N5O/c1-2-6-16-13(19)9-8-17-12(18-11(9)14)10-5-3-4-7-15-10/h3-5,7-8H,2,6H2,1H3,(H,16,19)(H2,14,17,18). The molecule has 0 radical (unpaired) electrons. The minimum Gasteiger partial charge on any atom is -0.383 e. The highest BCUT2D eigenvalue weighted by Crippen LogP contribution is 2.14. The first-order valence-electron chi connectivity index (χ1n) is 6.04. The fourth-order valence-electron chi connectivity index (χ4n) is 1.52. The summed E-state index contributed by atoms with van der Waals surface area (Å²) in [7, 11) is 0. The van der Waals surface area contributed by atoms with E-state index in [1.807, 2.05) is 13.0 Å². The Bertz CT molecular complexity index is 571. The SMILES string of the molecule is CCCNC(=O)c1cnc(-c2ccccn2)nc1N. The number of nitrogens with one attached hydrogen (secondary N) is 1. The molecule has 0 bridgehead atoms. The average molecular weight is 257 g/mol. The molecule has 19 heavy (non-hydrogen) atoms. The first-order valence-corrected chi connectivity index (χ1v) is 6.04. The van der Waals surface area contributed by atoms with Gasteiger partial charge in [-0.3, -0.25) is 9.78 Å². The highest BCUT2D eigenvalue weighted by Gasteiger charge is 2.12. The monoisotopic (exact) mass is 257 g/mol. The fourth-order valence-corrected chi connectivity index (χ4v) is 1.52. The predicted molar refractivity (Wildman–Crippen MR) is 72.3 cm³/mol. The summed E-state index contributed by atoms with van der Waals surface area (Å²) in [6, 6.07) is 5.43. The van der Waals surface area contributed by atoms with Gasteiger partial charge in [-0.1, -0.05) is 13.0 Å². The second kappa shape index (κ2) is 5.90. The van der Waals surface area contributed by atoms with E-state index in [1.165, 1.54) is 6.20 Å². The molecule has 3 N–H and O–H groups in total. The third kappa shape index (κ3) is 3.04. The molecule has 98 valence electrons. The summed E-state index contributed by atoms with van der Waals surface area (Å²) in [5.41, 5.74) is 6.70. The van der Waals surface area contributed by atoms with E-state index in [-0.39, 0.29) is 17.3 Å². The van der Waals surface area contributed by atoms with Crippen LogP contribution in [0.3, 0.4) is 0 Å². The number of carbonyl (C=O) groups excluding carboxylic acids is 1. The van der Waals surface area contributed by atoms with Gasteiger partial charge in [0.05, 0.1) is 5.56 Å². The van der Waals surface area contributed by atoms with E-state index in [1.54, 1.807) is 18.3 Å². The number of amides is 1. The van der Waals surface area contributed by atoms with Crippen LogP contribution < -0.4 is 11.1 Å². The van der Waals surface area contributed by atoms with Crippen molar-refractivity contribution in [1.29, 1.82) is 0 Å². The lowest BCUT2D eigenvalue weighted by Crippen LogP contribution is -2.25. The number of nitrogen functional groups attached to an aromatic ring is 1. The van der Waals surface area contributed by atoms with Crippen molar-refractivity contribution in [3.05, 3.63) is 36.2 Å². The Kier molecular flexibility index (Phi) is 4.02. The molecule has 0 aliphatic heterocycles. The quantitative estimate of drug-likeness (QED) is 0.860. The lowest BCUT2D eigenvalue weighted by molar-refractivity contribution is 0.0954. The normalized spacial score (nSPS) is 10.2. The molecule has 2 aromatic heterocycles. The Morgan fingerprint density at radius 3 is 2.84 bits per heavy atom. The van der Waals surface area contributed by atoms with Crippen molar-refractivity contribution in [3.63, 3.8) is 0 Å². The second-order valence-corrected chi connectivity index (χ2v) is 3.96. The summed E-state index contributed by atoms with van der Waals surface area (Å²) in [4.78, 5) is 24.2. The number of rotatable bonds is 4. The third-order valence-corrected chi connectivity index (χ3v) is 2.49. The van der Waals surface area contributed by atoms with Crippen LogP contribution in [0, 0.1) is 0 Å². The van der Waals surface area contributed by atoms with Gasteiger partial charge < -0.3 is 11.1 Å². The average Bonchev–Trinajstić information content (AvgIpc) is 2.45. The lowest BCUT2D eigenvalue weighted by atomic mass is 10.2. The van der Waals surface area contributed by atoms with Gasteiger partial charge in [-0.15, -0.1) is 0 Å². The highest BCUT2D eigenvalue weighted by molar-refractivity contribution is 5.98. The Morgan fingerprint density at radius 2 is 2.21 bits per heavy atom. The van der Waals surface area contributed by atoms with Gasteiger partial charge in [0.2, 0.25) is 0 Å². The molecule has 0 fully saturated rings. The van der Waals surface area contributed by atoms with Crippen LogP contribution in [0.2, 0.25) is 0 Å². The molecular formula is C13H15N5O. The largest absolute Gasteiger partial charge is 0.383 e. The van der Waals surface area contributed by atoms with Crippen LogP contribution in [-0.2, 0) is 0 Å². The maximum Gasteiger partial charge on any atom is 0.256 e. The molecule has 6 heteroatoms. The molecule has 0 aromatic carbocycles. The van der Waals surface area contributed by atoms with Crippen LogP contribution in [0.15, 0.2) is 30.6 Å². The van der Waals surface area contributed by atoms with E-state index in [4.69, 9.17) is 5.73 Å². The van der Waals surface area contributed by atoms with E-state index < -0.39 is 0 Å². The zero-order chi connectivity index (χ0) is 13.7. The number of anilines is 1. The van der Waals surface area contributed by atoms with Crippen molar-refractivity contribution in [2.45, 2.75) is 13.3 Å². The van der Waals surface area contributed by atoms with Crippen molar-refractivity contribution >= 4 is 11.7 Å². The van der Waals surface area contributed by atoms with Crippen LogP contribution in [-0.4, -0.2) is 27.4 Å². The van der Waals surface area contributed by atoms with Crippen molar-refractivity contribution < 1.29 is 4.79 Å². The third-order valence-electron chi connectivity index (χ3n) is 2.49. The van der Waals surface area contributed by atoms with Gasteiger partial charge in [0.15, 0.2) is 5.82 Å². The van der Waals surface area contributed by atoms with E-state index in [9.17, 15) is 4.79 Å². The van der Waals surface area contributed by atoms with Gasteiger partial charge >= 0.3 is 0 Å². The molecule has 0 unspecified atom stereocenters. The highest BCUT2D eigenvalue weighted by atomic mass is 16.1. The smallest absolute Gasteiger partial charge is 0.256 e. The Balaban J connectivity index is 2.25. The molecule has 6 nitrogen and oxygen atoms in total. The maximum absolute atomic E-state index is 11.8. The van der Waals surface area contributed by atoms with Gasteiger partial charge in [0.1, 0.15) is 11.5 Å². The lowest BCUT2D eigenvalue weighted by Gasteiger charge is -2.06. The molecule has 0 atom stereocenters. The maximum atomic E-state index is 11.8. The van der Waals surface area contributed by atoms with Crippen LogP contribution in [0.5, 0.6) is 0 Å². The van der Waals surface area contributed by atoms with Gasteiger partial charge in [0.25, 0.3) is 5.91 Å². The molecule has 1 amide bonds. The molecule has 0 saturated heterocycles.